The molecule has 1 unspecified atom stereocenters. The van der Waals surface area contributed by atoms with E-state index in [4.69, 9.17) is 4.74 Å². The molecule has 0 saturated carbocycles. The Kier molecular flexibility index (Phi) is 4.51. The molecule has 1 saturated heterocycles. The van der Waals surface area contributed by atoms with Crippen molar-refractivity contribution < 1.29 is 9.84 Å². The Bertz CT molecular complexity index is 603. The van der Waals surface area contributed by atoms with Crippen LogP contribution in [0.3, 0.4) is 0 Å². The normalized spacial score (nSPS) is 17.7. The van der Waals surface area contributed by atoms with Crippen molar-refractivity contribution in [3.63, 3.8) is 0 Å². The van der Waals surface area contributed by atoms with Crippen LogP contribution in [0, 0.1) is 18.3 Å². The molecule has 1 N–H and O–H groups in total. The summed E-state index contributed by atoms with van der Waals surface area (Å²) in [6, 6.07) is 4.19. The highest BCUT2D eigenvalue weighted by atomic mass is 16.5. The molecular weight excluding hydrogens is 276 g/mol. The summed E-state index contributed by atoms with van der Waals surface area (Å²) in [7, 11) is 1.61. The highest BCUT2D eigenvalue weighted by Crippen LogP contribution is 2.43. The smallest absolute Gasteiger partial charge is 0.129 e. The average molecular weight is 302 g/mol. The third-order valence-corrected chi connectivity index (χ3v) is 4.55. The third-order valence-electron chi connectivity index (χ3n) is 4.55. The van der Waals surface area contributed by atoms with Gasteiger partial charge in [0.1, 0.15) is 5.75 Å². The van der Waals surface area contributed by atoms with E-state index in [9.17, 15) is 10.4 Å². The van der Waals surface area contributed by atoms with Gasteiger partial charge in [0.05, 0.1) is 24.8 Å². The molecular formula is C18H26N2O2. The summed E-state index contributed by atoms with van der Waals surface area (Å²) >= 11 is 0. The van der Waals surface area contributed by atoms with Crippen molar-refractivity contribution in [1.29, 1.82) is 5.26 Å². The third kappa shape index (κ3) is 2.84. The lowest BCUT2D eigenvalue weighted by atomic mass is 9.81. The molecule has 1 aromatic carbocycles. The van der Waals surface area contributed by atoms with Crippen molar-refractivity contribution in [2.75, 3.05) is 20.2 Å². The number of ether oxygens (including phenoxy) is 1. The molecule has 1 fully saturated rings. The van der Waals surface area contributed by atoms with Gasteiger partial charge < -0.3 is 9.84 Å². The topological polar surface area (TPSA) is 56.5 Å². The molecule has 0 bridgehead atoms. The summed E-state index contributed by atoms with van der Waals surface area (Å²) in [5.74, 6) is 0.955. The van der Waals surface area contributed by atoms with Crippen LogP contribution in [0.5, 0.6) is 5.75 Å². The van der Waals surface area contributed by atoms with Gasteiger partial charge in [-0.3, -0.25) is 4.90 Å². The molecule has 1 aliphatic rings. The Balaban J connectivity index is 2.48. The first kappa shape index (κ1) is 16.8. The minimum Gasteiger partial charge on any atom is -0.496 e. The second-order valence-electron chi connectivity index (χ2n) is 7.17. The van der Waals surface area contributed by atoms with Crippen molar-refractivity contribution >= 4 is 0 Å². The summed E-state index contributed by atoms with van der Waals surface area (Å²) in [6.45, 7) is 12.1. The first-order valence-electron chi connectivity index (χ1n) is 7.75. The maximum Gasteiger partial charge on any atom is 0.129 e. The highest BCUT2D eigenvalue weighted by molar-refractivity contribution is 5.58. The Morgan fingerprint density at radius 1 is 1.41 bits per heavy atom. The predicted molar refractivity (Wildman–Crippen MR) is 87.1 cm³/mol. The molecule has 1 heterocycles. The van der Waals surface area contributed by atoms with Crippen molar-refractivity contribution in [1.82, 2.24) is 4.90 Å². The van der Waals surface area contributed by atoms with Crippen LogP contribution in [0.15, 0.2) is 6.07 Å². The molecule has 4 heteroatoms. The predicted octanol–water partition coefficient (Wildman–Crippen LogP) is 3.13. The number of hydrogen-bond donors (Lipinski definition) is 1. The van der Waals surface area contributed by atoms with Gasteiger partial charge in [0, 0.05) is 35.7 Å². The summed E-state index contributed by atoms with van der Waals surface area (Å²) in [4.78, 5) is 2.39. The first-order valence-corrected chi connectivity index (χ1v) is 7.75. The van der Waals surface area contributed by atoms with E-state index in [-0.39, 0.29) is 11.5 Å². The van der Waals surface area contributed by atoms with Crippen LogP contribution in [0.25, 0.3) is 0 Å². The number of benzene rings is 1. The Hall–Kier alpha value is -1.57. The van der Waals surface area contributed by atoms with Gasteiger partial charge in [-0.25, -0.2) is 0 Å². The SMILES string of the molecule is COc1c(C(C)O)cc(C)c(C#N)c1C1CN(C(C)(C)C)C1. The van der Waals surface area contributed by atoms with Gasteiger partial charge in [-0.2, -0.15) is 5.26 Å². The molecule has 1 atom stereocenters. The fourth-order valence-electron chi connectivity index (χ4n) is 3.14. The van der Waals surface area contributed by atoms with E-state index in [1.165, 1.54) is 0 Å². The minimum atomic E-state index is -0.612. The summed E-state index contributed by atoms with van der Waals surface area (Å²) in [5, 5.41) is 19.6. The number of likely N-dealkylation sites (tertiary alicyclic amines) is 1. The number of aliphatic hydroxyl groups is 1. The maximum absolute atomic E-state index is 10.0. The summed E-state index contributed by atoms with van der Waals surface area (Å²) < 4.78 is 5.58. The van der Waals surface area contributed by atoms with Crippen LogP contribution < -0.4 is 4.74 Å². The number of nitriles is 1. The van der Waals surface area contributed by atoms with Gasteiger partial charge in [-0.1, -0.05) is 0 Å². The molecule has 0 spiro atoms. The number of nitrogens with zero attached hydrogens (tertiary/aromatic N) is 2. The Labute approximate surface area is 133 Å². The van der Waals surface area contributed by atoms with E-state index in [2.05, 4.69) is 31.7 Å². The molecule has 22 heavy (non-hydrogen) atoms. The molecule has 0 amide bonds. The van der Waals surface area contributed by atoms with Crippen LogP contribution in [0.1, 0.15) is 62.0 Å². The Morgan fingerprint density at radius 3 is 2.41 bits per heavy atom. The molecule has 4 nitrogen and oxygen atoms in total. The summed E-state index contributed by atoms with van der Waals surface area (Å²) in [6.07, 6.45) is -0.612. The number of methoxy groups -OCH3 is 1. The second-order valence-corrected chi connectivity index (χ2v) is 7.17. The summed E-state index contributed by atoms with van der Waals surface area (Å²) in [5.41, 5.74) is 3.46. The van der Waals surface area contributed by atoms with E-state index in [0.717, 1.165) is 29.8 Å². The number of rotatable bonds is 3. The molecule has 1 aromatic rings. The van der Waals surface area contributed by atoms with Gasteiger partial charge in [-0.05, 0) is 46.2 Å². The van der Waals surface area contributed by atoms with E-state index < -0.39 is 6.10 Å². The minimum absolute atomic E-state index is 0.132. The monoisotopic (exact) mass is 302 g/mol. The van der Waals surface area contributed by atoms with Gasteiger partial charge >= 0.3 is 0 Å². The number of aliphatic hydroxyl groups excluding tert-OH is 1. The van der Waals surface area contributed by atoms with E-state index in [1.54, 1.807) is 14.0 Å². The average Bonchev–Trinajstić information content (AvgIpc) is 2.34. The fourth-order valence-corrected chi connectivity index (χ4v) is 3.14. The van der Waals surface area contributed by atoms with Crippen molar-refractivity contribution in [2.24, 2.45) is 0 Å². The number of hydrogen-bond acceptors (Lipinski definition) is 4. The first-order chi connectivity index (χ1) is 10.2. The largest absolute Gasteiger partial charge is 0.496 e. The second kappa shape index (κ2) is 5.91. The van der Waals surface area contributed by atoms with E-state index in [1.807, 2.05) is 13.0 Å². The fraction of sp³-hybridized carbons (Fsp3) is 0.611. The lowest BCUT2D eigenvalue weighted by molar-refractivity contribution is 0.0459. The van der Waals surface area contributed by atoms with Crippen molar-refractivity contribution in [2.45, 2.75) is 52.2 Å². The van der Waals surface area contributed by atoms with Gasteiger partial charge in [0.25, 0.3) is 0 Å². The van der Waals surface area contributed by atoms with Crippen LogP contribution >= 0.6 is 0 Å². The van der Waals surface area contributed by atoms with Crippen LogP contribution in [-0.2, 0) is 0 Å². The zero-order valence-corrected chi connectivity index (χ0v) is 14.4. The highest BCUT2D eigenvalue weighted by Gasteiger charge is 2.38. The molecule has 2 rings (SSSR count). The zero-order chi connectivity index (χ0) is 16.7. The van der Waals surface area contributed by atoms with Gasteiger partial charge in [0.15, 0.2) is 0 Å². The number of aryl methyl sites for hydroxylation is 1. The standard InChI is InChI=1S/C18H26N2O2/c1-11-7-14(12(2)21)17(22-6)16(15(11)8-19)13-9-20(10-13)18(3,4)5/h7,12-13,21H,9-10H2,1-6H3. The van der Waals surface area contributed by atoms with Crippen LogP contribution in [0.4, 0.5) is 0 Å². The lowest BCUT2D eigenvalue weighted by Gasteiger charge is -2.48. The molecule has 1 aliphatic heterocycles. The molecule has 0 aromatic heterocycles. The molecule has 0 radical (unpaired) electrons. The van der Waals surface area contributed by atoms with E-state index >= 15 is 0 Å². The van der Waals surface area contributed by atoms with Gasteiger partial charge in [-0.15, -0.1) is 0 Å². The van der Waals surface area contributed by atoms with Crippen LogP contribution in [0.2, 0.25) is 0 Å². The van der Waals surface area contributed by atoms with Crippen molar-refractivity contribution in [3.8, 4) is 11.8 Å². The quantitative estimate of drug-likeness (QED) is 0.932. The zero-order valence-electron chi connectivity index (χ0n) is 14.4. The van der Waals surface area contributed by atoms with Gasteiger partial charge in [0.2, 0.25) is 0 Å². The van der Waals surface area contributed by atoms with Crippen molar-refractivity contribution in [3.05, 3.63) is 28.3 Å². The van der Waals surface area contributed by atoms with Crippen LogP contribution in [-0.4, -0.2) is 35.7 Å². The lowest BCUT2D eigenvalue weighted by Crippen LogP contribution is -2.54. The van der Waals surface area contributed by atoms with E-state index in [0.29, 0.717) is 11.3 Å². The maximum atomic E-state index is 10.0. The Morgan fingerprint density at radius 2 is 2.00 bits per heavy atom. The molecule has 120 valence electrons. The molecule has 0 aliphatic carbocycles.